The van der Waals surface area contributed by atoms with Crippen LogP contribution in [0.2, 0.25) is 0 Å². The summed E-state index contributed by atoms with van der Waals surface area (Å²) in [6.07, 6.45) is 1.69. The van der Waals surface area contributed by atoms with Gasteiger partial charge >= 0.3 is 0 Å². The molecule has 0 saturated carbocycles. The summed E-state index contributed by atoms with van der Waals surface area (Å²) in [5.74, 6) is 4.82. The summed E-state index contributed by atoms with van der Waals surface area (Å²) in [5, 5.41) is 0. The minimum Gasteiger partial charge on any atom is -0.271 e. The zero-order valence-electron chi connectivity index (χ0n) is 3.07. The lowest BCUT2D eigenvalue weighted by atomic mass is 10.7. The molecule has 2 nitrogen and oxygen atoms in total. The summed E-state index contributed by atoms with van der Waals surface area (Å²) < 4.78 is 0. The minimum absolute atomic E-state index is 0. The molecule has 0 amide bonds. The van der Waals surface area contributed by atoms with Gasteiger partial charge in [0.1, 0.15) is 0 Å². The fourth-order valence-corrected chi connectivity index (χ4v) is 0.0833. The molecule has 0 heterocycles. The summed E-state index contributed by atoms with van der Waals surface area (Å²) in [7, 11) is 0. The fraction of sp³-hybridized carbons (Fsp3) is 0.500. The molecule has 0 aliphatic heterocycles. The van der Waals surface area contributed by atoms with Gasteiger partial charge in [0.25, 0.3) is 0 Å². The van der Waals surface area contributed by atoms with E-state index in [1.54, 1.807) is 6.08 Å². The van der Waals surface area contributed by atoms with Gasteiger partial charge in [-0.15, -0.1) is 6.58 Å². The van der Waals surface area contributed by atoms with E-state index >= 15 is 0 Å². The third-order valence-corrected chi connectivity index (χ3v) is 0.262. The molecular weight excluding hydrogens is 76.1 g/mol. The first kappa shape index (κ1) is 9.18. The van der Waals surface area contributed by atoms with Crippen LogP contribution in [-0.4, -0.2) is 6.54 Å². The van der Waals surface area contributed by atoms with E-state index in [-0.39, 0.29) is 7.43 Å². The second-order valence-electron chi connectivity index (χ2n) is 0.697. The monoisotopic (exact) mass is 88.1 g/mol. The van der Waals surface area contributed by atoms with E-state index in [4.69, 9.17) is 5.84 Å². The smallest absolute Gasteiger partial charge is 0.0275 e. The number of hydrogen-bond donors (Lipinski definition) is 2. The van der Waals surface area contributed by atoms with Gasteiger partial charge in [-0.05, 0) is 0 Å². The molecule has 0 aliphatic rings. The predicted molar refractivity (Wildman–Crippen MR) is 29.1 cm³/mol. The number of nitrogens with two attached hydrogens (primary N) is 1. The van der Waals surface area contributed by atoms with Gasteiger partial charge in [-0.3, -0.25) is 11.3 Å². The van der Waals surface area contributed by atoms with E-state index in [2.05, 4.69) is 12.0 Å². The molecule has 0 aromatic heterocycles. The van der Waals surface area contributed by atoms with Crippen molar-refractivity contribution in [3.63, 3.8) is 0 Å². The largest absolute Gasteiger partial charge is 0.271 e. The zero-order valence-corrected chi connectivity index (χ0v) is 3.07. The molecule has 0 spiro atoms. The van der Waals surface area contributed by atoms with E-state index in [9.17, 15) is 0 Å². The number of rotatable bonds is 2. The quantitative estimate of drug-likeness (QED) is 0.289. The first-order valence-corrected chi connectivity index (χ1v) is 1.46. The Kier molecular flexibility index (Phi) is 13.5. The van der Waals surface area contributed by atoms with Crippen molar-refractivity contribution in [2.24, 2.45) is 5.84 Å². The van der Waals surface area contributed by atoms with Crippen molar-refractivity contribution in [2.75, 3.05) is 6.54 Å². The van der Waals surface area contributed by atoms with Crippen molar-refractivity contribution in [1.82, 2.24) is 5.43 Å². The normalized spacial score (nSPS) is 6.17. The predicted octanol–water partition coefficient (Wildman–Crippen LogP) is 0.272. The lowest BCUT2D eigenvalue weighted by Gasteiger charge is -1.80. The number of hydrazine groups is 1. The van der Waals surface area contributed by atoms with Crippen LogP contribution in [0.5, 0.6) is 0 Å². The number of nitrogens with one attached hydrogen (secondary N) is 1. The molecular formula is C4H12N2. The van der Waals surface area contributed by atoms with Crippen LogP contribution in [0.3, 0.4) is 0 Å². The van der Waals surface area contributed by atoms with Crippen LogP contribution < -0.4 is 11.3 Å². The molecule has 6 heavy (non-hydrogen) atoms. The van der Waals surface area contributed by atoms with Gasteiger partial charge in [-0.25, -0.2) is 0 Å². The van der Waals surface area contributed by atoms with Crippen LogP contribution in [0, 0.1) is 0 Å². The molecule has 38 valence electrons. The lowest BCUT2D eigenvalue weighted by Crippen LogP contribution is -2.20. The average molecular weight is 88.2 g/mol. The highest BCUT2D eigenvalue weighted by atomic mass is 15.2. The molecule has 2 heteroatoms. The summed E-state index contributed by atoms with van der Waals surface area (Å²) in [6, 6.07) is 0. The maximum absolute atomic E-state index is 4.82. The first-order chi connectivity index (χ1) is 2.41. The topological polar surface area (TPSA) is 38.0 Å². The van der Waals surface area contributed by atoms with E-state index in [0.717, 1.165) is 0 Å². The molecule has 0 rings (SSSR count). The summed E-state index contributed by atoms with van der Waals surface area (Å²) in [5.41, 5.74) is 2.40. The van der Waals surface area contributed by atoms with E-state index in [1.807, 2.05) is 0 Å². The molecule has 0 aliphatic carbocycles. The van der Waals surface area contributed by atoms with Crippen molar-refractivity contribution in [3.05, 3.63) is 12.7 Å². The number of hydrogen-bond acceptors (Lipinski definition) is 2. The van der Waals surface area contributed by atoms with Crippen LogP contribution in [0.15, 0.2) is 12.7 Å². The summed E-state index contributed by atoms with van der Waals surface area (Å²) >= 11 is 0. The highest BCUT2D eigenvalue weighted by Crippen LogP contribution is 1.46. The Hall–Kier alpha value is -0.340. The summed E-state index contributed by atoms with van der Waals surface area (Å²) in [6.45, 7) is 4.09. The third kappa shape index (κ3) is 9.40. The Morgan fingerprint density at radius 2 is 2.33 bits per heavy atom. The second kappa shape index (κ2) is 8.82. The molecule has 0 saturated heterocycles. The Balaban J connectivity index is 0. The molecule has 0 fully saturated rings. The Morgan fingerprint density at radius 3 is 2.33 bits per heavy atom. The van der Waals surface area contributed by atoms with Crippen LogP contribution in [0.4, 0.5) is 0 Å². The lowest BCUT2D eigenvalue weighted by molar-refractivity contribution is 0.824. The molecule has 0 radical (unpaired) electrons. The molecule has 0 bridgehead atoms. The van der Waals surface area contributed by atoms with E-state index in [1.165, 1.54) is 0 Å². The van der Waals surface area contributed by atoms with Crippen molar-refractivity contribution in [1.29, 1.82) is 0 Å². The molecule has 3 N–H and O–H groups in total. The Labute approximate surface area is 39.0 Å². The van der Waals surface area contributed by atoms with Gasteiger partial charge < -0.3 is 0 Å². The molecule has 0 aromatic carbocycles. The van der Waals surface area contributed by atoms with Gasteiger partial charge in [0.2, 0.25) is 0 Å². The van der Waals surface area contributed by atoms with E-state index in [0.29, 0.717) is 6.54 Å². The highest BCUT2D eigenvalue weighted by Gasteiger charge is 1.56. The Morgan fingerprint density at radius 1 is 1.83 bits per heavy atom. The maximum Gasteiger partial charge on any atom is 0.0275 e. The first-order valence-electron chi connectivity index (χ1n) is 1.46. The average Bonchev–Trinajstić information content (AvgIpc) is 1.41. The van der Waals surface area contributed by atoms with Crippen molar-refractivity contribution in [2.45, 2.75) is 7.43 Å². The van der Waals surface area contributed by atoms with Crippen molar-refractivity contribution >= 4 is 0 Å². The fourth-order valence-electron chi connectivity index (χ4n) is 0.0833. The van der Waals surface area contributed by atoms with Gasteiger partial charge in [0, 0.05) is 6.54 Å². The third-order valence-electron chi connectivity index (χ3n) is 0.262. The minimum atomic E-state index is 0. The SMILES string of the molecule is C.C=CCNN. The zero-order chi connectivity index (χ0) is 4.12. The van der Waals surface area contributed by atoms with Gasteiger partial charge in [-0.2, -0.15) is 0 Å². The molecule has 0 aromatic rings. The maximum atomic E-state index is 4.82. The van der Waals surface area contributed by atoms with E-state index < -0.39 is 0 Å². The molecule has 0 atom stereocenters. The standard InChI is InChI=1S/C3H8N2.CH4/c1-2-3-5-4;/h2,5H,1,3-4H2;1H4. The second-order valence-corrected chi connectivity index (χ2v) is 0.697. The highest BCUT2D eigenvalue weighted by molar-refractivity contribution is 4.66. The summed E-state index contributed by atoms with van der Waals surface area (Å²) in [4.78, 5) is 0. The van der Waals surface area contributed by atoms with Crippen LogP contribution >= 0.6 is 0 Å². The van der Waals surface area contributed by atoms with Crippen LogP contribution in [-0.2, 0) is 0 Å². The van der Waals surface area contributed by atoms with Gasteiger partial charge in [0.05, 0.1) is 0 Å². The van der Waals surface area contributed by atoms with Gasteiger partial charge in [-0.1, -0.05) is 13.5 Å². The van der Waals surface area contributed by atoms with Crippen LogP contribution in [0.1, 0.15) is 7.43 Å². The van der Waals surface area contributed by atoms with Crippen molar-refractivity contribution < 1.29 is 0 Å². The van der Waals surface area contributed by atoms with Gasteiger partial charge in [0.15, 0.2) is 0 Å². The van der Waals surface area contributed by atoms with Crippen molar-refractivity contribution in [3.8, 4) is 0 Å². The molecule has 0 unspecified atom stereocenters. The van der Waals surface area contributed by atoms with Crippen LogP contribution in [0.25, 0.3) is 0 Å². The Bertz CT molecular complexity index is 26.7.